The first kappa shape index (κ1) is 24.0. The van der Waals surface area contributed by atoms with Crippen LogP contribution in [0, 0.1) is 6.92 Å². The van der Waals surface area contributed by atoms with Crippen LogP contribution in [0.5, 0.6) is 0 Å². The van der Waals surface area contributed by atoms with Crippen molar-refractivity contribution in [2.75, 3.05) is 4.90 Å². The molecule has 2 aliphatic carbocycles. The Hall–Kier alpha value is -4.36. The summed E-state index contributed by atoms with van der Waals surface area (Å²) in [5, 5.41) is 0. The molecule has 0 aliphatic heterocycles. The summed E-state index contributed by atoms with van der Waals surface area (Å²) in [5.74, 6) is 0. The Bertz CT molecular complexity index is 1530. The molecule has 0 radical (unpaired) electrons. The lowest BCUT2D eigenvalue weighted by atomic mass is 9.90. The van der Waals surface area contributed by atoms with E-state index in [4.69, 9.17) is 0 Å². The van der Waals surface area contributed by atoms with Crippen LogP contribution in [0.25, 0.3) is 22.3 Å². The maximum absolute atomic E-state index is 2.43. The Balaban J connectivity index is 1.36. The fourth-order valence-electron chi connectivity index (χ4n) is 5.49. The van der Waals surface area contributed by atoms with Crippen LogP contribution in [-0.2, 0) is 0 Å². The Labute approximate surface area is 226 Å². The standard InChI is InChI=1S/C37H33N/c1-28-9-8-14-34(27-28)33-19-25-37(26-20-33)38(35-21-15-31(16-22-35)29-10-4-2-5-11-29)36-23-17-32(18-24-36)30-12-6-3-7-13-30/h2-6,8-12,14-17,19-23,25-27H,7,13,18,24H2,1H3. The van der Waals surface area contributed by atoms with E-state index < -0.39 is 0 Å². The third kappa shape index (κ3) is 5.19. The van der Waals surface area contributed by atoms with Crippen LogP contribution in [0.15, 0.2) is 150 Å². The molecule has 0 atom stereocenters. The molecular formula is C37H33N. The quantitative estimate of drug-likeness (QED) is 0.259. The van der Waals surface area contributed by atoms with Gasteiger partial charge in [-0.25, -0.2) is 0 Å². The van der Waals surface area contributed by atoms with Crippen molar-refractivity contribution < 1.29 is 0 Å². The predicted molar refractivity (Wildman–Crippen MR) is 162 cm³/mol. The van der Waals surface area contributed by atoms with Crippen LogP contribution in [0.4, 0.5) is 11.4 Å². The molecule has 2 aliphatic rings. The lowest BCUT2D eigenvalue weighted by molar-refractivity contribution is 0.851. The van der Waals surface area contributed by atoms with Crippen molar-refractivity contribution in [3.05, 3.63) is 156 Å². The second-order valence-electron chi connectivity index (χ2n) is 10.2. The molecule has 1 heteroatoms. The van der Waals surface area contributed by atoms with Gasteiger partial charge in [-0.1, -0.05) is 109 Å². The summed E-state index contributed by atoms with van der Waals surface area (Å²) in [6.45, 7) is 2.15. The zero-order chi connectivity index (χ0) is 25.7. The zero-order valence-electron chi connectivity index (χ0n) is 22.0. The van der Waals surface area contributed by atoms with Crippen LogP contribution < -0.4 is 4.90 Å². The minimum Gasteiger partial charge on any atom is -0.314 e. The van der Waals surface area contributed by atoms with E-state index in [0.717, 1.165) is 25.7 Å². The molecular weight excluding hydrogens is 458 g/mol. The molecule has 0 heterocycles. The number of allylic oxidation sites excluding steroid dienone is 8. The first-order chi connectivity index (χ1) is 18.7. The van der Waals surface area contributed by atoms with Crippen molar-refractivity contribution in [1.29, 1.82) is 0 Å². The van der Waals surface area contributed by atoms with Gasteiger partial charge in [0.1, 0.15) is 0 Å². The van der Waals surface area contributed by atoms with E-state index >= 15 is 0 Å². The highest BCUT2D eigenvalue weighted by molar-refractivity contribution is 5.75. The molecule has 0 saturated heterocycles. The van der Waals surface area contributed by atoms with Gasteiger partial charge >= 0.3 is 0 Å². The summed E-state index contributed by atoms with van der Waals surface area (Å²) in [6.07, 6.45) is 15.8. The van der Waals surface area contributed by atoms with E-state index in [-0.39, 0.29) is 0 Å². The zero-order valence-corrected chi connectivity index (χ0v) is 22.0. The molecule has 186 valence electrons. The highest BCUT2D eigenvalue weighted by atomic mass is 15.1. The maximum Gasteiger partial charge on any atom is 0.0458 e. The Morgan fingerprint density at radius 3 is 1.76 bits per heavy atom. The summed E-state index contributed by atoms with van der Waals surface area (Å²) in [7, 11) is 0. The van der Waals surface area contributed by atoms with E-state index in [1.54, 1.807) is 0 Å². The Morgan fingerprint density at radius 1 is 0.526 bits per heavy atom. The van der Waals surface area contributed by atoms with E-state index in [9.17, 15) is 0 Å². The van der Waals surface area contributed by atoms with Gasteiger partial charge in [0.25, 0.3) is 0 Å². The molecule has 0 fully saturated rings. The molecule has 0 aromatic heterocycles. The van der Waals surface area contributed by atoms with Gasteiger partial charge in [0.15, 0.2) is 0 Å². The molecule has 4 aromatic carbocycles. The third-order valence-corrected chi connectivity index (χ3v) is 7.55. The predicted octanol–water partition coefficient (Wildman–Crippen LogP) is 10.3. The summed E-state index contributed by atoms with van der Waals surface area (Å²) in [5.41, 5.74) is 12.9. The van der Waals surface area contributed by atoms with Crippen LogP contribution in [0.2, 0.25) is 0 Å². The number of aryl methyl sites for hydroxylation is 1. The number of nitrogens with zero attached hydrogens (tertiary/aromatic N) is 1. The monoisotopic (exact) mass is 491 g/mol. The number of hydrogen-bond donors (Lipinski definition) is 0. The maximum atomic E-state index is 2.43. The summed E-state index contributed by atoms with van der Waals surface area (Å²) >= 11 is 0. The number of rotatable bonds is 6. The molecule has 38 heavy (non-hydrogen) atoms. The van der Waals surface area contributed by atoms with Gasteiger partial charge < -0.3 is 4.90 Å². The lowest BCUT2D eigenvalue weighted by Crippen LogP contribution is -2.18. The van der Waals surface area contributed by atoms with Gasteiger partial charge in [-0.2, -0.15) is 0 Å². The minimum absolute atomic E-state index is 1.02. The van der Waals surface area contributed by atoms with Crippen molar-refractivity contribution in [2.24, 2.45) is 0 Å². The van der Waals surface area contributed by atoms with Crippen molar-refractivity contribution in [3.63, 3.8) is 0 Å². The molecule has 4 aromatic rings. The molecule has 0 bridgehead atoms. The fraction of sp³-hybridized carbons (Fsp3) is 0.135. The molecule has 0 unspecified atom stereocenters. The van der Waals surface area contributed by atoms with Gasteiger partial charge in [-0.3, -0.25) is 0 Å². The number of benzene rings is 4. The highest BCUT2D eigenvalue weighted by Gasteiger charge is 2.19. The largest absolute Gasteiger partial charge is 0.314 e. The van der Waals surface area contributed by atoms with Crippen LogP contribution in [0.3, 0.4) is 0 Å². The van der Waals surface area contributed by atoms with Crippen molar-refractivity contribution in [2.45, 2.75) is 32.6 Å². The molecule has 0 saturated carbocycles. The van der Waals surface area contributed by atoms with Gasteiger partial charge in [0, 0.05) is 17.1 Å². The molecule has 0 amide bonds. The normalized spacial score (nSPS) is 14.9. The Morgan fingerprint density at radius 2 is 1.16 bits per heavy atom. The first-order valence-electron chi connectivity index (χ1n) is 13.6. The minimum atomic E-state index is 1.02. The summed E-state index contributed by atoms with van der Waals surface area (Å²) in [4.78, 5) is 2.43. The second-order valence-corrected chi connectivity index (χ2v) is 10.2. The average Bonchev–Trinajstić information content (AvgIpc) is 2.99. The van der Waals surface area contributed by atoms with E-state index in [0.29, 0.717) is 0 Å². The molecule has 6 rings (SSSR count). The second kappa shape index (κ2) is 10.9. The third-order valence-electron chi connectivity index (χ3n) is 7.55. The van der Waals surface area contributed by atoms with E-state index in [1.165, 1.54) is 56.0 Å². The van der Waals surface area contributed by atoms with Crippen LogP contribution in [0.1, 0.15) is 31.2 Å². The fourth-order valence-corrected chi connectivity index (χ4v) is 5.49. The smallest absolute Gasteiger partial charge is 0.0458 e. The van der Waals surface area contributed by atoms with Gasteiger partial charge in [0.05, 0.1) is 0 Å². The topological polar surface area (TPSA) is 3.24 Å². The average molecular weight is 492 g/mol. The van der Waals surface area contributed by atoms with Gasteiger partial charge in [0.2, 0.25) is 0 Å². The van der Waals surface area contributed by atoms with Crippen molar-refractivity contribution >= 4 is 11.4 Å². The first-order valence-corrected chi connectivity index (χ1v) is 13.6. The van der Waals surface area contributed by atoms with Gasteiger partial charge in [-0.05, 0) is 96.3 Å². The van der Waals surface area contributed by atoms with Crippen molar-refractivity contribution in [3.8, 4) is 22.3 Å². The molecule has 0 spiro atoms. The number of hydrogen-bond acceptors (Lipinski definition) is 1. The SMILES string of the molecule is Cc1cccc(-c2ccc(N(C3=CC=C(C4=CC=CCC4)CC3)c3ccc(-c4ccccc4)cc3)cc2)c1. The summed E-state index contributed by atoms with van der Waals surface area (Å²) in [6, 6.07) is 37.3. The van der Waals surface area contributed by atoms with Crippen LogP contribution >= 0.6 is 0 Å². The number of anilines is 2. The van der Waals surface area contributed by atoms with Crippen LogP contribution in [-0.4, -0.2) is 0 Å². The molecule has 1 nitrogen and oxygen atoms in total. The lowest BCUT2D eigenvalue weighted by Gasteiger charge is -2.30. The van der Waals surface area contributed by atoms with Gasteiger partial charge in [-0.15, -0.1) is 0 Å². The van der Waals surface area contributed by atoms with Crippen molar-refractivity contribution in [1.82, 2.24) is 0 Å². The molecule has 0 N–H and O–H groups in total. The van der Waals surface area contributed by atoms with E-state index in [2.05, 4.69) is 145 Å². The summed E-state index contributed by atoms with van der Waals surface area (Å²) < 4.78 is 0. The highest BCUT2D eigenvalue weighted by Crippen LogP contribution is 2.38. The Kier molecular flexibility index (Phi) is 6.91. The van der Waals surface area contributed by atoms with E-state index in [1.807, 2.05) is 0 Å².